The minimum atomic E-state index is 0.557. The third kappa shape index (κ3) is 3.93. The molecule has 1 aromatic carbocycles. The number of thioether (sulfide) groups is 1. The lowest BCUT2D eigenvalue weighted by atomic mass is 9.96. The van der Waals surface area contributed by atoms with Crippen molar-refractivity contribution in [3.63, 3.8) is 0 Å². The van der Waals surface area contributed by atoms with E-state index in [0.717, 1.165) is 23.2 Å². The van der Waals surface area contributed by atoms with Gasteiger partial charge in [0, 0.05) is 18.3 Å². The summed E-state index contributed by atoms with van der Waals surface area (Å²) in [5.41, 5.74) is 0.786. The van der Waals surface area contributed by atoms with Crippen molar-refractivity contribution in [2.24, 2.45) is 4.99 Å². The second-order valence-corrected chi connectivity index (χ2v) is 7.86. The number of hydrogen-bond acceptors (Lipinski definition) is 2. The van der Waals surface area contributed by atoms with Crippen molar-refractivity contribution in [1.82, 2.24) is 4.90 Å². The molecule has 1 aromatic rings. The molecule has 3 rings (SSSR count). The van der Waals surface area contributed by atoms with Crippen LogP contribution in [0.2, 0.25) is 10.0 Å². The number of amidine groups is 1. The Balaban J connectivity index is 1.79. The number of nitrogens with zero attached hydrogens (tertiary/aromatic N) is 2. The molecule has 1 aliphatic carbocycles. The van der Waals surface area contributed by atoms with Gasteiger partial charge in [0.25, 0.3) is 0 Å². The standard InChI is InChI=1S/C17H22Cl2N2S/c18-14-9-6-10-15(16(14)19)20-17-21(11-12-22-17)13-7-4-2-1-3-5-8-13/h6,9-10,13H,1-5,7-8,11-12H2. The molecule has 2 nitrogen and oxygen atoms in total. The minimum absolute atomic E-state index is 0.557. The van der Waals surface area contributed by atoms with Crippen LogP contribution >= 0.6 is 35.0 Å². The Bertz CT molecular complexity index is 539. The first-order valence-electron chi connectivity index (χ1n) is 8.18. The smallest absolute Gasteiger partial charge is 0.164 e. The van der Waals surface area contributed by atoms with E-state index in [-0.39, 0.29) is 0 Å². The molecule has 0 amide bonds. The number of aliphatic imine (C=N–C) groups is 1. The quantitative estimate of drug-likeness (QED) is 0.631. The van der Waals surface area contributed by atoms with E-state index in [9.17, 15) is 0 Å². The molecule has 1 heterocycles. The molecule has 0 unspecified atom stereocenters. The van der Waals surface area contributed by atoms with Gasteiger partial charge >= 0.3 is 0 Å². The van der Waals surface area contributed by atoms with Crippen molar-refractivity contribution in [2.75, 3.05) is 12.3 Å². The maximum absolute atomic E-state index is 6.29. The summed E-state index contributed by atoms with van der Waals surface area (Å²) in [6.45, 7) is 1.10. The fraction of sp³-hybridized carbons (Fsp3) is 0.588. The third-order valence-electron chi connectivity index (χ3n) is 4.47. The first kappa shape index (κ1) is 16.5. The van der Waals surface area contributed by atoms with Gasteiger partial charge < -0.3 is 4.90 Å². The summed E-state index contributed by atoms with van der Waals surface area (Å²) in [5.74, 6) is 1.12. The van der Waals surface area contributed by atoms with E-state index in [1.807, 2.05) is 30.0 Å². The van der Waals surface area contributed by atoms with Crippen LogP contribution in [0.15, 0.2) is 23.2 Å². The predicted molar refractivity (Wildman–Crippen MR) is 98.8 cm³/mol. The summed E-state index contributed by atoms with van der Waals surface area (Å²) in [4.78, 5) is 7.33. The molecule has 1 saturated carbocycles. The second kappa shape index (κ2) is 7.94. The van der Waals surface area contributed by atoms with Crippen LogP contribution in [-0.4, -0.2) is 28.4 Å². The average Bonchev–Trinajstić information content (AvgIpc) is 2.92. The Kier molecular flexibility index (Phi) is 5.95. The zero-order valence-corrected chi connectivity index (χ0v) is 15.1. The third-order valence-corrected chi connectivity index (χ3v) is 6.25. The van der Waals surface area contributed by atoms with Crippen LogP contribution in [0.4, 0.5) is 5.69 Å². The summed E-state index contributed by atoms with van der Waals surface area (Å²) in [6.07, 6.45) is 9.44. The lowest BCUT2D eigenvalue weighted by Gasteiger charge is -2.30. The first-order valence-corrected chi connectivity index (χ1v) is 9.92. The Morgan fingerprint density at radius 3 is 2.55 bits per heavy atom. The van der Waals surface area contributed by atoms with E-state index in [0.29, 0.717) is 16.1 Å². The van der Waals surface area contributed by atoms with Crippen molar-refractivity contribution < 1.29 is 0 Å². The SMILES string of the molecule is Clc1cccc(N=C2SCCN2C2CCCCCCC2)c1Cl. The summed E-state index contributed by atoms with van der Waals surface area (Å²) < 4.78 is 0. The van der Waals surface area contributed by atoms with E-state index in [1.54, 1.807) is 0 Å². The van der Waals surface area contributed by atoms with E-state index in [4.69, 9.17) is 28.2 Å². The molecular formula is C17H22Cl2N2S. The van der Waals surface area contributed by atoms with Gasteiger partial charge in [-0.15, -0.1) is 0 Å². The normalized spacial score (nSPS) is 22.8. The highest BCUT2D eigenvalue weighted by molar-refractivity contribution is 8.14. The van der Waals surface area contributed by atoms with E-state index < -0.39 is 0 Å². The molecule has 0 N–H and O–H groups in total. The molecule has 22 heavy (non-hydrogen) atoms. The molecule has 120 valence electrons. The molecule has 2 aliphatic rings. The fourth-order valence-corrected chi connectivity index (χ4v) is 4.65. The molecular weight excluding hydrogens is 335 g/mol. The van der Waals surface area contributed by atoms with Gasteiger partial charge in [-0.3, -0.25) is 0 Å². The van der Waals surface area contributed by atoms with E-state index in [2.05, 4.69) is 4.90 Å². The van der Waals surface area contributed by atoms with Crippen LogP contribution in [0.3, 0.4) is 0 Å². The summed E-state index contributed by atoms with van der Waals surface area (Å²) >= 11 is 14.2. The summed E-state index contributed by atoms with van der Waals surface area (Å²) in [7, 11) is 0. The minimum Gasteiger partial charge on any atom is -0.347 e. The zero-order chi connectivity index (χ0) is 15.4. The van der Waals surface area contributed by atoms with Gasteiger partial charge in [0.1, 0.15) is 0 Å². The predicted octanol–water partition coefficient (Wildman–Crippen LogP) is 6.14. The highest BCUT2D eigenvalue weighted by Gasteiger charge is 2.27. The Morgan fingerprint density at radius 2 is 1.77 bits per heavy atom. The van der Waals surface area contributed by atoms with Crippen molar-refractivity contribution in [3.8, 4) is 0 Å². The first-order chi connectivity index (χ1) is 10.8. The molecule has 0 atom stereocenters. The maximum Gasteiger partial charge on any atom is 0.164 e. The zero-order valence-electron chi connectivity index (χ0n) is 12.7. The van der Waals surface area contributed by atoms with Crippen molar-refractivity contribution in [2.45, 2.75) is 51.0 Å². The largest absolute Gasteiger partial charge is 0.347 e. The molecule has 0 bridgehead atoms. The number of halogens is 2. The van der Waals surface area contributed by atoms with Crippen LogP contribution in [0.1, 0.15) is 44.9 Å². The number of benzene rings is 1. The van der Waals surface area contributed by atoms with E-state index >= 15 is 0 Å². The van der Waals surface area contributed by atoms with Gasteiger partial charge in [0.15, 0.2) is 5.17 Å². The van der Waals surface area contributed by atoms with Crippen LogP contribution in [0.5, 0.6) is 0 Å². The van der Waals surface area contributed by atoms with Crippen LogP contribution in [0, 0.1) is 0 Å². The van der Waals surface area contributed by atoms with Gasteiger partial charge in [-0.05, 0) is 25.0 Å². The van der Waals surface area contributed by atoms with Gasteiger partial charge in [0.05, 0.1) is 15.7 Å². The molecule has 0 radical (unpaired) electrons. The van der Waals surface area contributed by atoms with Crippen molar-refractivity contribution >= 4 is 45.8 Å². The van der Waals surface area contributed by atoms with E-state index in [1.165, 1.54) is 44.9 Å². The lowest BCUT2D eigenvalue weighted by Crippen LogP contribution is -2.36. The van der Waals surface area contributed by atoms with Gasteiger partial charge in [-0.2, -0.15) is 0 Å². The average molecular weight is 357 g/mol. The molecule has 1 saturated heterocycles. The van der Waals surface area contributed by atoms with Crippen LogP contribution in [-0.2, 0) is 0 Å². The summed E-state index contributed by atoms with van der Waals surface area (Å²) in [6, 6.07) is 6.30. The second-order valence-electron chi connectivity index (χ2n) is 6.01. The van der Waals surface area contributed by atoms with Gasteiger partial charge in [-0.25, -0.2) is 4.99 Å². The molecule has 0 aromatic heterocycles. The molecule has 1 aliphatic heterocycles. The Hall–Kier alpha value is -0.380. The summed E-state index contributed by atoms with van der Waals surface area (Å²) in [5, 5.41) is 2.25. The van der Waals surface area contributed by atoms with Gasteiger partial charge in [-0.1, -0.05) is 73.1 Å². The number of hydrogen-bond donors (Lipinski definition) is 0. The van der Waals surface area contributed by atoms with Crippen molar-refractivity contribution in [1.29, 1.82) is 0 Å². The Morgan fingerprint density at radius 1 is 1.05 bits per heavy atom. The lowest BCUT2D eigenvalue weighted by molar-refractivity contribution is 0.276. The molecule has 5 heteroatoms. The maximum atomic E-state index is 6.29. The van der Waals surface area contributed by atoms with Crippen LogP contribution in [0.25, 0.3) is 0 Å². The Labute approximate surface area is 147 Å². The fourth-order valence-electron chi connectivity index (χ4n) is 3.28. The van der Waals surface area contributed by atoms with Gasteiger partial charge in [0.2, 0.25) is 0 Å². The van der Waals surface area contributed by atoms with Crippen molar-refractivity contribution in [3.05, 3.63) is 28.2 Å². The topological polar surface area (TPSA) is 15.6 Å². The van der Waals surface area contributed by atoms with Crippen LogP contribution < -0.4 is 0 Å². The monoisotopic (exact) mass is 356 g/mol. The molecule has 0 spiro atoms. The number of rotatable bonds is 2. The highest BCUT2D eigenvalue weighted by atomic mass is 35.5. The molecule has 2 fully saturated rings. The highest BCUT2D eigenvalue weighted by Crippen LogP contribution is 2.35.